The predicted molar refractivity (Wildman–Crippen MR) is 62.0 cm³/mol. The van der Waals surface area contributed by atoms with Gasteiger partial charge < -0.3 is 9.78 Å². The number of aromatic nitrogens is 1. The van der Waals surface area contributed by atoms with E-state index in [9.17, 15) is 4.79 Å². The Balaban J connectivity index is 2.39. The fourth-order valence-corrected chi connectivity index (χ4v) is 2.04. The van der Waals surface area contributed by atoms with Crippen molar-refractivity contribution in [2.75, 3.05) is 0 Å². The van der Waals surface area contributed by atoms with Crippen LogP contribution in [0.15, 0.2) is 30.5 Å². The topological polar surface area (TPSA) is 32.9 Å². The van der Waals surface area contributed by atoms with Gasteiger partial charge in [-0.3, -0.25) is 0 Å². The van der Waals surface area contributed by atoms with Crippen molar-refractivity contribution in [3.8, 4) is 0 Å². The van der Waals surface area contributed by atoms with Gasteiger partial charge in [-0.1, -0.05) is 25.1 Å². The molecule has 0 aliphatic rings. The van der Waals surface area contributed by atoms with Crippen molar-refractivity contribution in [3.63, 3.8) is 0 Å². The fraction of sp³-hybridized carbons (Fsp3) is 0.308. The van der Waals surface area contributed by atoms with Gasteiger partial charge in [0.1, 0.15) is 5.78 Å². The van der Waals surface area contributed by atoms with Gasteiger partial charge in [-0.05, 0) is 24.5 Å². The largest absolute Gasteiger partial charge is 0.361 e. The van der Waals surface area contributed by atoms with Gasteiger partial charge in [-0.15, -0.1) is 0 Å². The second kappa shape index (κ2) is 3.89. The van der Waals surface area contributed by atoms with Gasteiger partial charge in [0.15, 0.2) is 0 Å². The van der Waals surface area contributed by atoms with Crippen LogP contribution < -0.4 is 0 Å². The summed E-state index contributed by atoms with van der Waals surface area (Å²) in [5, 5.41) is 1.23. The third kappa shape index (κ3) is 1.94. The number of hydrogen-bond acceptors (Lipinski definition) is 1. The number of H-pyrrole nitrogens is 1. The highest BCUT2D eigenvalue weighted by Crippen LogP contribution is 2.27. The molecule has 2 heteroatoms. The summed E-state index contributed by atoms with van der Waals surface area (Å²) in [6, 6.07) is 8.19. The van der Waals surface area contributed by atoms with Crippen molar-refractivity contribution < 1.29 is 4.79 Å². The molecule has 0 aliphatic heterocycles. The van der Waals surface area contributed by atoms with Crippen LogP contribution in [0.2, 0.25) is 0 Å². The molecule has 0 aliphatic carbocycles. The first-order valence-corrected chi connectivity index (χ1v) is 5.24. The molecule has 0 saturated heterocycles. The minimum absolute atomic E-state index is 0.243. The van der Waals surface area contributed by atoms with E-state index in [1.165, 1.54) is 10.9 Å². The average Bonchev–Trinajstić information content (AvgIpc) is 2.59. The summed E-state index contributed by atoms with van der Waals surface area (Å²) >= 11 is 0. The Morgan fingerprint density at radius 3 is 2.87 bits per heavy atom. The number of nitrogens with one attached hydrogen (secondary N) is 1. The Labute approximate surface area is 89.3 Å². The maximum absolute atomic E-state index is 11.1. The highest BCUT2D eigenvalue weighted by atomic mass is 16.1. The van der Waals surface area contributed by atoms with Gasteiger partial charge >= 0.3 is 0 Å². The minimum atomic E-state index is 0.243. The van der Waals surface area contributed by atoms with Crippen molar-refractivity contribution in [3.05, 3.63) is 36.0 Å². The Bertz CT molecular complexity index is 484. The Morgan fingerprint density at radius 1 is 1.40 bits per heavy atom. The summed E-state index contributed by atoms with van der Waals surface area (Å²) in [6.07, 6.45) is 2.63. The number of carbonyl (C=O) groups excluding carboxylic acids is 1. The maximum atomic E-state index is 11.1. The second-order valence-electron chi connectivity index (χ2n) is 4.10. The molecule has 15 heavy (non-hydrogen) atoms. The number of ketones is 1. The number of rotatable bonds is 3. The first-order valence-electron chi connectivity index (χ1n) is 5.24. The van der Waals surface area contributed by atoms with E-state index in [1.54, 1.807) is 6.92 Å². The van der Waals surface area contributed by atoms with Crippen LogP contribution in [-0.2, 0) is 4.79 Å². The van der Waals surface area contributed by atoms with E-state index in [0.29, 0.717) is 12.3 Å². The molecule has 0 saturated carbocycles. The molecule has 1 aromatic carbocycles. The molecule has 2 aromatic rings. The van der Waals surface area contributed by atoms with Crippen LogP contribution in [0.3, 0.4) is 0 Å². The number of carbonyl (C=O) groups is 1. The Kier molecular flexibility index (Phi) is 2.58. The lowest BCUT2D eigenvalue weighted by atomic mass is 9.96. The minimum Gasteiger partial charge on any atom is -0.361 e. The van der Waals surface area contributed by atoms with E-state index in [1.807, 2.05) is 18.3 Å². The van der Waals surface area contributed by atoms with Crippen molar-refractivity contribution in [2.45, 2.75) is 26.2 Å². The lowest BCUT2D eigenvalue weighted by Crippen LogP contribution is -1.99. The number of Topliss-reactive ketones (excluding diaryl/α,β-unsaturated/α-hetero) is 1. The molecule has 0 spiro atoms. The van der Waals surface area contributed by atoms with E-state index < -0.39 is 0 Å². The molecular formula is C13H15NO. The maximum Gasteiger partial charge on any atom is 0.130 e. The van der Waals surface area contributed by atoms with Crippen molar-refractivity contribution >= 4 is 16.7 Å². The summed E-state index contributed by atoms with van der Waals surface area (Å²) in [4.78, 5) is 14.3. The number of hydrogen-bond donors (Lipinski definition) is 1. The van der Waals surface area contributed by atoms with Gasteiger partial charge in [-0.25, -0.2) is 0 Å². The van der Waals surface area contributed by atoms with Gasteiger partial charge in [-0.2, -0.15) is 0 Å². The van der Waals surface area contributed by atoms with Crippen molar-refractivity contribution in [1.29, 1.82) is 0 Å². The molecule has 2 rings (SSSR count). The number of benzene rings is 1. The smallest absolute Gasteiger partial charge is 0.130 e. The number of fused-ring (bicyclic) bond motifs is 1. The molecule has 1 aromatic heterocycles. The van der Waals surface area contributed by atoms with Crippen LogP contribution in [0.1, 0.15) is 31.7 Å². The molecule has 0 fully saturated rings. The molecule has 0 bridgehead atoms. The number of para-hydroxylation sites is 1. The van der Waals surface area contributed by atoms with Crippen LogP contribution in [0.5, 0.6) is 0 Å². The predicted octanol–water partition coefficient (Wildman–Crippen LogP) is 3.25. The molecule has 78 valence electrons. The summed E-state index contributed by atoms with van der Waals surface area (Å²) < 4.78 is 0. The van der Waals surface area contributed by atoms with Gasteiger partial charge in [0, 0.05) is 23.5 Å². The van der Waals surface area contributed by atoms with E-state index in [4.69, 9.17) is 0 Å². The lowest BCUT2D eigenvalue weighted by Gasteiger charge is -2.07. The van der Waals surface area contributed by atoms with E-state index >= 15 is 0 Å². The SMILES string of the molecule is CC(=O)CC(C)c1c[nH]c2ccccc12. The van der Waals surface area contributed by atoms with Crippen LogP contribution in [-0.4, -0.2) is 10.8 Å². The summed E-state index contributed by atoms with van der Waals surface area (Å²) in [5.41, 5.74) is 2.38. The fourth-order valence-electron chi connectivity index (χ4n) is 2.04. The third-order valence-corrected chi connectivity index (χ3v) is 2.75. The molecule has 1 atom stereocenters. The molecular weight excluding hydrogens is 186 g/mol. The van der Waals surface area contributed by atoms with E-state index in [0.717, 1.165) is 5.52 Å². The van der Waals surface area contributed by atoms with Crippen LogP contribution in [0.4, 0.5) is 0 Å². The quantitative estimate of drug-likeness (QED) is 0.812. The van der Waals surface area contributed by atoms with Gasteiger partial charge in [0.05, 0.1) is 0 Å². The zero-order valence-corrected chi connectivity index (χ0v) is 9.08. The molecule has 1 unspecified atom stereocenters. The third-order valence-electron chi connectivity index (χ3n) is 2.75. The van der Waals surface area contributed by atoms with Crippen LogP contribution in [0.25, 0.3) is 10.9 Å². The summed E-state index contributed by atoms with van der Waals surface area (Å²) in [6.45, 7) is 3.74. The Hall–Kier alpha value is -1.57. The normalized spacial score (nSPS) is 12.9. The van der Waals surface area contributed by atoms with E-state index in [-0.39, 0.29) is 5.78 Å². The van der Waals surface area contributed by atoms with Crippen molar-refractivity contribution in [2.24, 2.45) is 0 Å². The van der Waals surface area contributed by atoms with Crippen LogP contribution in [0, 0.1) is 0 Å². The first-order chi connectivity index (χ1) is 7.18. The zero-order valence-electron chi connectivity index (χ0n) is 9.08. The highest BCUT2D eigenvalue weighted by molar-refractivity contribution is 5.85. The zero-order chi connectivity index (χ0) is 10.8. The number of aromatic amines is 1. The molecule has 2 nitrogen and oxygen atoms in total. The van der Waals surface area contributed by atoms with Crippen molar-refractivity contribution in [1.82, 2.24) is 4.98 Å². The molecule has 0 radical (unpaired) electrons. The second-order valence-corrected chi connectivity index (χ2v) is 4.10. The lowest BCUT2D eigenvalue weighted by molar-refractivity contribution is -0.117. The average molecular weight is 201 g/mol. The molecule has 1 N–H and O–H groups in total. The first kappa shape index (κ1) is 9.97. The molecule has 0 amide bonds. The van der Waals surface area contributed by atoms with Gasteiger partial charge in [0.2, 0.25) is 0 Å². The Morgan fingerprint density at radius 2 is 2.13 bits per heavy atom. The monoisotopic (exact) mass is 201 g/mol. The van der Waals surface area contributed by atoms with Gasteiger partial charge in [0.25, 0.3) is 0 Å². The van der Waals surface area contributed by atoms with Crippen LogP contribution >= 0.6 is 0 Å². The summed E-state index contributed by atoms with van der Waals surface area (Å²) in [7, 11) is 0. The molecule has 1 heterocycles. The highest BCUT2D eigenvalue weighted by Gasteiger charge is 2.12. The summed E-state index contributed by atoms with van der Waals surface area (Å²) in [5.74, 6) is 0.534. The van der Waals surface area contributed by atoms with E-state index in [2.05, 4.69) is 24.0 Å². The standard InChI is InChI=1S/C13H15NO/c1-9(7-10(2)15)12-8-14-13-6-4-3-5-11(12)13/h3-6,8-9,14H,7H2,1-2H3.